The molecule has 0 aliphatic heterocycles. The van der Waals surface area contributed by atoms with Gasteiger partial charge in [0, 0.05) is 4.47 Å². The SMILES string of the molecule is O=CC1=Cc2ccc(Br)cc2CC1. The number of aryl methyl sites for hydroxylation is 1. The first-order valence-electron chi connectivity index (χ1n) is 4.24. The molecule has 0 N–H and O–H groups in total. The van der Waals surface area contributed by atoms with Crippen LogP contribution in [0.3, 0.4) is 0 Å². The maximum atomic E-state index is 10.6. The number of benzene rings is 1. The molecule has 1 aromatic carbocycles. The molecule has 1 nitrogen and oxygen atoms in total. The number of rotatable bonds is 1. The Balaban J connectivity index is 2.48. The molecule has 2 heteroatoms. The Morgan fingerprint density at radius 3 is 2.92 bits per heavy atom. The molecule has 1 aliphatic rings. The number of aldehydes is 1. The largest absolute Gasteiger partial charge is 0.298 e. The standard InChI is InChI=1S/C11H9BrO/c12-11-4-3-9-5-8(7-13)1-2-10(9)6-11/h3-7H,1-2H2. The van der Waals surface area contributed by atoms with Gasteiger partial charge in [-0.1, -0.05) is 22.0 Å². The van der Waals surface area contributed by atoms with Crippen LogP contribution in [0.1, 0.15) is 17.5 Å². The minimum Gasteiger partial charge on any atom is -0.298 e. The van der Waals surface area contributed by atoms with Crippen molar-refractivity contribution in [3.05, 3.63) is 39.4 Å². The zero-order valence-corrected chi connectivity index (χ0v) is 8.67. The molecule has 0 radical (unpaired) electrons. The predicted molar refractivity (Wildman–Crippen MR) is 56.5 cm³/mol. The lowest BCUT2D eigenvalue weighted by molar-refractivity contribution is -0.105. The second kappa shape index (κ2) is 3.46. The summed E-state index contributed by atoms with van der Waals surface area (Å²) >= 11 is 3.43. The number of allylic oxidation sites excluding steroid dienone is 1. The molecule has 0 saturated heterocycles. The van der Waals surface area contributed by atoms with E-state index in [1.807, 2.05) is 18.2 Å². The van der Waals surface area contributed by atoms with E-state index in [0.29, 0.717) is 0 Å². The van der Waals surface area contributed by atoms with Crippen molar-refractivity contribution in [1.29, 1.82) is 0 Å². The molecule has 0 bridgehead atoms. The molecule has 0 aromatic heterocycles. The van der Waals surface area contributed by atoms with Gasteiger partial charge in [0.05, 0.1) is 0 Å². The molecule has 66 valence electrons. The zero-order valence-electron chi connectivity index (χ0n) is 7.09. The van der Waals surface area contributed by atoms with E-state index >= 15 is 0 Å². The summed E-state index contributed by atoms with van der Waals surface area (Å²) in [4.78, 5) is 10.6. The number of hydrogen-bond acceptors (Lipinski definition) is 1. The summed E-state index contributed by atoms with van der Waals surface area (Å²) in [6.07, 6.45) is 4.76. The highest BCUT2D eigenvalue weighted by Crippen LogP contribution is 2.25. The second-order valence-corrected chi connectivity index (χ2v) is 4.10. The van der Waals surface area contributed by atoms with Crippen LogP contribution in [0.5, 0.6) is 0 Å². The third-order valence-corrected chi connectivity index (χ3v) is 2.77. The van der Waals surface area contributed by atoms with Crippen LogP contribution in [-0.4, -0.2) is 6.29 Å². The van der Waals surface area contributed by atoms with E-state index < -0.39 is 0 Å². The molecule has 0 saturated carbocycles. The topological polar surface area (TPSA) is 17.1 Å². The maximum Gasteiger partial charge on any atom is 0.146 e. The minimum atomic E-state index is 0.868. The minimum absolute atomic E-state index is 0.868. The molecular formula is C11H9BrO. The lowest BCUT2D eigenvalue weighted by Crippen LogP contribution is -1.99. The summed E-state index contributed by atoms with van der Waals surface area (Å²) in [5, 5.41) is 0. The van der Waals surface area contributed by atoms with Crippen molar-refractivity contribution in [2.75, 3.05) is 0 Å². The van der Waals surface area contributed by atoms with Gasteiger partial charge in [-0.05, 0) is 47.8 Å². The molecule has 13 heavy (non-hydrogen) atoms. The van der Waals surface area contributed by atoms with Crippen LogP contribution in [0.15, 0.2) is 28.2 Å². The van der Waals surface area contributed by atoms with Crippen LogP contribution in [0.2, 0.25) is 0 Å². The van der Waals surface area contributed by atoms with Gasteiger partial charge in [0.1, 0.15) is 6.29 Å². The number of halogens is 1. The van der Waals surface area contributed by atoms with Gasteiger partial charge in [-0.2, -0.15) is 0 Å². The average Bonchev–Trinajstić information content (AvgIpc) is 2.17. The molecule has 0 heterocycles. The highest BCUT2D eigenvalue weighted by atomic mass is 79.9. The van der Waals surface area contributed by atoms with Crippen molar-refractivity contribution in [2.24, 2.45) is 0 Å². The summed E-state index contributed by atoms with van der Waals surface area (Å²) in [6.45, 7) is 0. The van der Waals surface area contributed by atoms with E-state index in [1.165, 1.54) is 11.1 Å². The van der Waals surface area contributed by atoms with E-state index in [-0.39, 0.29) is 0 Å². The zero-order chi connectivity index (χ0) is 9.26. The number of hydrogen-bond donors (Lipinski definition) is 0. The fourth-order valence-electron chi connectivity index (χ4n) is 1.58. The van der Waals surface area contributed by atoms with Gasteiger partial charge < -0.3 is 0 Å². The van der Waals surface area contributed by atoms with Gasteiger partial charge in [-0.3, -0.25) is 4.79 Å². The smallest absolute Gasteiger partial charge is 0.146 e. The first-order chi connectivity index (χ1) is 6.29. The molecule has 2 rings (SSSR count). The van der Waals surface area contributed by atoms with Gasteiger partial charge in [0.15, 0.2) is 0 Å². The summed E-state index contributed by atoms with van der Waals surface area (Å²) in [5.41, 5.74) is 3.39. The average molecular weight is 237 g/mol. The van der Waals surface area contributed by atoms with Crippen molar-refractivity contribution in [3.63, 3.8) is 0 Å². The molecule has 0 spiro atoms. The van der Waals surface area contributed by atoms with Crippen LogP contribution in [0.4, 0.5) is 0 Å². The number of carbonyl (C=O) groups is 1. The number of fused-ring (bicyclic) bond motifs is 1. The summed E-state index contributed by atoms with van der Waals surface area (Å²) in [7, 11) is 0. The second-order valence-electron chi connectivity index (χ2n) is 3.18. The Kier molecular flexibility index (Phi) is 2.32. The molecule has 0 fully saturated rings. The predicted octanol–water partition coefficient (Wildman–Crippen LogP) is 2.98. The Labute approximate surface area is 85.6 Å². The summed E-state index contributed by atoms with van der Waals surface area (Å²) < 4.78 is 1.11. The van der Waals surface area contributed by atoms with E-state index in [4.69, 9.17) is 0 Å². The van der Waals surface area contributed by atoms with Crippen molar-refractivity contribution >= 4 is 28.3 Å². The molecule has 0 unspecified atom stereocenters. The van der Waals surface area contributed by atoms with Crippen LogP contribution in [0.25, 0.3) is 6.08 Å². The Bertz CT molecular complexity index is 380. The van der Waals surface area contributed by atoms with Crippen LogP contribution < -0.4 is 0 Å². The molecular weight excluding hydrogens is 228 g/mol. The van der Waals surface area contributed by atoms with Gasteiger partial charge >= 0.3 is 0 Å². The highest BCUT2D eigenvalue weighted by Gasteiger charge is 2.09. The quantitative estimate of drug-likeness (QED) is 0.686. The normalized spacial score (nSPS) is 14.7. The Morgan fingerprint density at radius 1 is 1.31 bits per heavy atom. The van der Waals surface area contributed by atoms with E-state index in [9.17, 15) is 4.79 Å². The fraction of sp³-hybridized carbons (Fsp3) is 0.182. The molecule has 0 atom stereocenters. The lowest BCUT2D eigenvalue weighted by Gasteiger charge is -2.12. The molecule has 1 aromatic rings. The molecule has 0 amide bonds. The first kappa shape index (κ1) is 8.70. The first-order valence-corrected chi connectivity index (χ1v) is 5.03. The van der Waals surface area contributed by atoms with E-state index in [2.05, 4.69) is 22.0 Å². The van der Waals surface area contributed by atoms with Crippen molar-refractivity contribution in [3.8, 4) is 0 Å². The third-order valence-electron chi connectivity index (χ3n) is 2.28. The number of carbonyl (C=O) groups excluding carboxylic acids is 1. The van der Waals surface area contributed by atoms with Crippen molar-refractivity contribution in [2.45, 2.75) is 12.8 Å². The van der Waals surface area contributed by atoms with Gasteiger partial charge in [-0.15, -0.1) is 0 Å². The van der Waals surface area contributed by atoms with Crippen molar-refractivity contribution in [1.82, 2.24) is 0 Å². The summed E-state index contributed by atoms with van der Waals surface area (Å²) in [6, 6.07) is 6.17. The fourth-order valence-corrected chi connectivity index (χ4v) is 1.98. The van der Waals surface area contributed by atoms with Crippen LogP contribution in [0, 0.1) is 0 Å². The highest BCUT2D eigenvalue weighted by molar-refractivity contribution is 9.10. The van der Waals surface area contributed by atoms with Crippen LogP contribution in [-0.2, 0) is 11.2 Å². The molecule has 1 aliphatic carbocycles. The van der Waals surface area contributed by atoms with Gasteiger partial charge in [0.2, 0.25) is 0 Å². The maximum absolute atomic E-state index is 10.6. The Hall–Kier alpha value is -0.890. The third kappa shape index (κ3) is 1.73. The van der Waals surface area contributed by atoms with E-state index in [0.717, 1.165) is 29.2 Å². The Morgan fingerprint density at radius 2 is 2.15 bits per heavy atom. The van der Waals surface area contributed by atoms with E-state index in [1.54, 1.807) is 0 Å². The van der Waals surface area contributed by atoms with Gasteiger partial charge in [-0.25, -0.2) is 0 Å². The van der Waals surface area contributed by atoms with Crippen LogP contribution >= 0.6 is 15.9 Å². The monoisotopic (exact) mass is 236 g/mol. The van der Waals surface area contributed by atoms with Crippen molar-refractivity contribution < 1.29 is 4.79 Å². The summed E-state index contributed by atoms with van der Waals surface area (Å²) in [5.74, 6) is 0. The van der Waals surface area contributed by atoms with Gasteiger partial charge in [0.25, 0.3) is 0 Å². The lowest BCUT2D eigenvalue weighted by atomic mass is 9.93.